The summed E-state index contributed by atoms with van der Waals surface area (Å²) in [7, 11) is 0. The van der Waals surface area contributed by atoms with E-state index >= 15 is 0 Å². The zero-order valence-electron chi connectivity index (χ0n) is 12.8. The number of H-pyrrole nitrogens is 1. The van der Waals surface area contributed by atoms with Crippen LogP contribution in [0.5, 0.6) is 5.75 Å². The van der Waals surface area contributed by atoms with E-state index in [0.29, 0.717) is 16.8 Å². The topological polar surface area (TPSA) is 54.1 Å². The van der Waals surface area contributed by atoms with Crippen LogP contribution in [0.2, 0.25) is 0 Å². The van der Waals surface area contributed by atoms with Gasteiger partial charge in [0.25, 0.3) is 5.91 Å². The summed E-state index contributed by atoms with van der Waals surface area (Å²) in [6, 6.07) is 12.1. The maximum Gasteiger partial charge on any atom is 0.257 e. The number of amides is 1. The van der Waals surface area contributed by atoms with E-state index in [1.54, 1.807) is 0 Å². The van der Waals surface area contributed by atoms with Crippen molar-refractivity contribution in [2.24, 2.45) is 0 Å². The first-order valence-corrected chi connectivity index (χ1v) is 8.32. The summed E-state index contributed by atoms with van der Waals surface area (Å²) in [4.78, 5) is 15.1. The zero-order valence-corrected chi connectivity index (χ0v) is 14.4. The Balaban J connectivity index is 1.47. The zero-order chi connectivity index (χ0) is 16.9. The monoisotopic (exact) mass is 390 g/mol. The third-order valence-electron chi connectivity index (χ3n) is 3.64. The number of carbonyl (C=O) groups excluding carboxylic acids is 1. The van der Waals surface area contributed by atoms with Crippen LogP contribution in [0.25, 0.3) is 10.9 Å². The van der Waals surface area contributed by atoms with E-state index in [1.807, 2.05) is 24.4 Å². The lowest BCUT2D eigenvalue weighted by molar-refractivity contribution is -0.123. The molecule has 3 rings (SSSR count). The van der Waals surface area contributed by atoms with E-state index in [9.17, 15) is 9.18 Å². The Bertz CT molecular complexity index is 863. The van der Waals surface area contributed by atoms with Gasteiger partial charge in [-0.2, -0.15) is 0 Å². The van der Waals surface area contributed by atoms with Crippen LogP contribution in [0.3, 0.4) is 0 Å². The molecule has 2 N–H and O–H groups in total. The van der Waals surface area contributed by atoms with Gasteiger partial charge in [0.15, 0.2) is 6.61 Å². The molecule has 0 aliphatic rings. The van der Waals surface area contributed by atoms with Gasteiger partial charge in [-0.1, -0.05) is 18.2 Å². The summed E-state index contributed by atoms with van der Waals surface area (Å²) in [5, 5.41) is 3.98. The van der Waals surface area contributed by atoms with Crippen molar-refractivity contribution in [3.05, 3.63) is 64.5 Å². The predicted octanol–water partition coefficient (Wildman–Crippen LogP) is 3.81. The van der Waals surface area contributed by atoms with Crippen LogP contribution >= 0.6 is 15.9 Å². The summed E-state index contributed by atoms with van der Waals surface area (Å²) in [6.45, 7) is 0.409. The number of para-hydroxylation sites is 1. The van der Waals surface area contributed by atoms with Crippen molar-refractivity contribution in [1.82, 2.24) is 10.3 Å². The highest BCUT2D eigenvalue weighted by Crippen LogP contribution is 2.25. The second-order valence-corrected chi connectivity index (χ2v) is 6.18. The number of aromatic nitrogens is 1. The summed E-state index contributed by atoms with van der Waals surface area (Å²) in [5.74, 6) is -0.147. The summed E-state index contributed by atoms with van der Waals surface area (Å²) >= 11 is 3.20. The predicted molar refractivity (Wildman–Crippen MR) is 94.6 cm³/mol. The van der Waals surface area contributed by atoms with Crippen LogP contribution in [0.1, 0.15) is 5.56 Å². The lowest BCUT2D eigenvalue weighted by Crippen LogP contribution is -2.30. The molecular weight excluding hydrogens is 375 g/mol. The summed E-state index contributed by atoms with van der Waals surface area (Å²) in [5.41, 5.74) is 2.25. The number of hydrogen-bond donors (Lipinski definition) is 2. The molecule has 0 saturated heterocycles. The second kappa shape index (κ2) is 7.49. The number of carbonyl (C=O) groups is 1. The summed E-state index contributed by atoms with van der Waals surface area (Å²) < 4.78 is 18.9. The van der Waals surface area contributed by atoms with Crippen LogP contribution in [0.4, 0.5) is 4.39 Å². The minimum Gasteiger partial charge on any atom is -0.483 e. The minimum absolute atomic E-state index is 0.113. The number of aromatic amines is 1. The first kappa shape index (κ1) is 16.5. The van der Waals surface area contributed by atoms with Crippen molar-refractivity contribution in [3.8, 4) is 5.75 Å². The smallest absolute Gasteiger partial charge is 0.257 e. The molecule has 0 saturated carbocycles. The minimum atomic E-state index is -0.364. The van der Waals surface area contributed by atoms with Gasteiger partial charge < -0.3 is 15.0 Å². The second-order valence-electron chi connectivity index (χ2n) is 5.32. The van der Waals surface area contributed by atoms with Crippen LogP contribution in [-0.2, 0) is 11.2 Å². The van der Waals surface area contributed by atoms with Crippen molar-refractivity contribution in [2.45, 2.75) is 6.42 Å². The average molecular weight is 391 g/mol. The van der Waals surface area contributed by atoms with Gasteiger partial charge in [-0.3, -0.25) is 4.79 Å². The Hall–Kier alpha value is -2.34. The molecule has 2 aromatic carbocycles. The van der Waals surface area contributed by atoms with E-state index < -0.39 is 0 Å². The van der Waals surface area contributed by atoms with Crippen molar-refractivity contribution >= 4 is 32.7 Å². The molecular formula is C18H16BrFN2O2. The molecule has 24 heavy (non-hydrogen) atoms. The van der Waals surface area contributed by atoms with Crippen LogP contribution in [0, 0.1) is 5.82 Å². The maximum absolute atomic E-state index is 13.0. The standard InChI is InChI=1S/C18H16BrFN2O2/c19-15-9-13(20)5-6-17(15)24-11-18(23)21-8-7-12-10-22-16-4-2-1-3-14(12)16/h1-6,9-10,22H,7-8,11H2,(H,21,23). The fourth-order valence-corrected chi connectivity index (χ4v) is 2.93. The first-order chi connectivity index (χ1) is 11.6. The Labute approximate surface area is 147 Å². The van der Waals surface area contributed by atoms with Gasteiger partial charge in [-0.25, -0.2) is 4.39 Å². The van der Waals surface area contributed by atoms with Crippen molar-refractivity contribution < 1.29 is 13.9 Å². The number of benzene rings is 2. The van der Waals surface area contributed by atoms with E-state index in [0.717, 1.165) is 17.5 Å². The van der Waals surface area contributed by atoms with E-state index in [-0.39, 0.29) is 18.3 Å². The molecule has 0 unspecified atom stereocenters. The molecule has 1 heterocycles. The third-order valence-corrected chi connectivity index (χ3v) is 4.26. The lowest BCUT2D eigenvalue weighted by atomic mass is 10.1. The molecule has 1 aromatic heterocycles. The average Bonchev–Trinajstić information content (AvgIpc) is 2.97. The molecule has 0 aliphatic heterocycles. The van der Waals surface area contributed by atoms with Crippen LogP contribution < -0.4 is 10.1 Å². The number of rotatable bonds is 6. The third kappa shape index (κ3) is 3.94. The fourth-order valence-electron chi connectivity index (χ4n) is 2.46. The molecule has 4 nitrogen and oxygen atoms in total. The maximum atomic E-state index is 13.0. The summed E-state index contributed by atoms with van der Waals surface area (Å²) in [6.07, 6.45) is 2.69. The Morgan fingerprint density at radius 3 is 2.92 bits per heavy atom. The number of hydrogen-bond acceptors (Lipinski definition) is 2. The van der Waals surface area contributed by atoms with Gasteiger partial charge in [-0.05, 0) is 52.2 Å². The molecule has 6 heteroatoms. The van der Waals surface area contributed by atoms with Gasteiger partial charge in [0.05, 0.1) is 4.47 Å². The van der Waals surface area contributed by atoms with E-state index in [1.165, 1.54) is 23.6 Å². The number of fused-ring (bicyclic) bond motifs is 1. The van der Waals surface area contributed by atoms with Crippen molar-refractivity contribution in [3.63, 3.8) is 0 Å². The normalized spacial score (nSPS) is 10.8. The Morgan fingerprint density at radius 2 is 2.08 bits per heavy atom. The molecule has 3 aromatic rings. The van der Waals surface area contributed by atoms with Gasteiger partial charge in [0.2, 0.25) is 0 Å². The molecule has 0 fully saturated rings. The molecule has 0 radical (unpaired) electrons. The first-order valence-electron chi connectivity index (χ1n) is 7.53. The highest BCUT2D eigenvalue weighted by Gasteiger charge is 2.07. The number of nitrogens with one attached hydrogen (secondary N) is 2. The van der Waals surface area contributed by atoms with Crippen LogP contribution in [0.15, 0.2) is 53.1 Å². The van der Waals surface area contributed by atoms with Crippen LogP contribution in [-0.4, -0.2) is 24.0 Å². The largest absolute Gasteiger partial charge is 0.483 e. The van der Waals surface area contributed by atoms with Gasteiger partial charge in [0, 0.05) is 23.6 Å². The Morgan fingerprint density at radius 1 is 1.25 bits per heavy atom. The number of ether oxygens (including phenoxy) is 1. The van der Waals surface area contributed by atoms with Gasteiger partial charge >= 0.3 is 0 Å². The molecule has 0 spiro atoms. The molecule has 124 valence electrons. The highest BCUT2D eigenvalue weighted by molar-refractivity contribution is 9.10. The van der Waals surface area contributed by atoms with Crippen molar-refractivity contribution in [1.29, 1.82) is 0 Å². The lowest BCUT2D eigenvalue weighted by Gasteiger charge is -2.09. The van der Waals surface area contributed by atoms with Gasteiger partial charge in [0.1, 0.15) is 11.6 Å². The fraction of sp³-hybridized carbons (Fsp3) is 0.167. The van der Waals surface area contributed by atoms with Crippen molar-refractivity contribution in [2.75, 3.05) is 13.2 Å². The molecule has 0 atom stereocenters. The van der Waals surface area contributed by atoms with E-state index in [4.69, 9.17) is 4.74 Å². The SMILES string of the molecule is O=C(COc1ccc(F)cc1Br)NCCc1c[nH]c2ccccc12. The van der Waals surface area contributed by atoms with E-state index in [2.05, 4.69) is 32.3 Å². The molecule has 0 aliphatic carbocycles. The molecule has 1 amide bonds. The molecule has 0 bridgehead atoms. The quantitative estimate of drug-likeness (QED) is 0.672. The van der Waals surface area contributed by atoms with Gasteiger partial charge in [-0.15, -0.1) is 0 Å². The Kier molecular flexibility index (Phi) is 5.15. The number of halogens is 2. The highest BCUT2D eigenvalue weighted by atomic mass is 79.9.